The van der Waals surface area contributed by atoms with Crippen molar-refractivity contribution in [3.8, 4) is 0 Å². The van der Waals surface area contributed by atoms with E-state index in [1.54, 1.807) is 13.3 Å². The van der Waals surface area contributed by atoms with Gasteiger partial charge in [-0.05, 0) is 19.0 Å². The van der Waals surface area contributed by atoms with Gasteiger partial charge in [-0.2, -0.15) is 10.2 Å². The second kappa shape index (κ2) is 6.28. The third-order valence-electron chi connectivity index (χ3n) is 2.79. The Labute approximate surface area is 106 Å². The molecule has 0 radical (unpaired) electrons. The summed E-state index contributed by atoms with van der Waals surface area (Å²) in [6.45, 7) is 1.24. The highest BCUT2D eigenvalue weighted by molar-refractivity contribution is 5.90. The standard InChI is InChI=1S/C13H18N4O/c1-18-9-10(6-7-14)16-13-8-15-17-12-5-3-2-4-11(12)13/h2-5,8,10H,6-7,9,14H2,1H3,(H,16,17). The highest BCUT2D eigenvalue weighted by Crippen LogP contribution is 2.20. The predicted molar refractivity (Wildman–Crippen MR) is 72.5 cm³/mol. The Balaban J connectivity index is 2.24. The van der Waals surface area contributed by atoms with Crippen LogP contribution in [0.3, 0.4) is 0 Å². The van der Waals surface area contributed by atoms with Crippen molar-refractivity contribution in [2.75, 3.05) is 25.6 Å². The molecule has 0 amide bonds. The van der Waals surface area contributed by atoms with Crippen LogP contribution in [-0.2, 0) is 4.74 Å². The Hall–Kier alpha value is -1.72. The van der Waals surface area contributed by atoms with Crippen LogP contribution >= 0.6 is 0 Å². The minimum Gasteiger partial charge on any atom is -0.383 e. The van der Waals surface area contributed by atoms with Gasteiger partial charge in [0.15, 0.2) is 0 Å². The summed E-state index contributed by atoms with van der Waals surface area (Å²) in [4.78, 5) is 0. The molecule has 5 nitrogen and oxygen atoms in total. The highest BCUT2D eigenvalue weighted by Gasteiger charge is 2.09. The van der Waals surface area contributed by atoms with Gasteiger partial charge in [0.25, 0.3) is 0 Å². The Morgan fingerprint density at radius 2 is 2.22 bits per heavy atom. The van der Waals surface area contributed by atoms with Gasteiger partial charge >= 0.3 is 0 Å². The smallest absolute Gasteiger partial charge is 0.0950 e. The molecule has 0 spiro atoms. The molecule has 1 aromatic heterocycles. The number of fused-ring (bicyclic) bond motifs is 1. The van der Waals surface area contributed by atoms with Gasteiger partial charge in [-0.1, -0.05) is 18.2 Å². The molecule has 0 aliphatic heterocycles. The molecular weight excluding hydrogens is 228 g/mol. The molecule has 5 heteroatoms. The summed E-state index contributed by atoms with van der Waals surface area (Å²) in [6, 6.07) is 8.10. The van der Waals surface area contributed by atoms with Gasteiger partial charge in [0, 0.05) is 12.5 Å². The lowest BCUT2D eigenvalue weighted by Crippen LogP contribution is -2.28. The number of ether oxygens (including phenoxy) is 1. The van der Waals surface area contributed by atoms with Crippen molar-refractivity contribution in [1.82, 2.24) is 10.2 Å². The molecule has 0 aliphatic carbocycles. The molecule has 2 aromatic rings. The SMILES string of the molecule is COCC(CCN)Nc1cnnc2ccccc12. The molecule has 0 fully saturated rings. The number of benzene rings is 1. The predicted octanol–water partition coefficient (Wildman–Crippen LogP) is 1.41. The summed E-state index contributed by atoms with van der Waals surface area (Å²) >= 11 is 0. The van der Waals surface area contributed by atoms with E-state index in [9.17, 15) is 0 Å². The summed E-state index contributed by atoms with van der Waals surface area (Å²) in [5, 5.41) is 12.6. The number of rotatable bonds is 6. The Kier molecular flexibility index (Phi) is 4.44. The summed E-state index contributed by atoms with van der Waals surface area (Å²) in [6.07, 6.45) is 2.59. The second-order valence-electron chi connectivity index (χ2n) is 4.15. The van der Waals surface area contributed by atoms with Crippen LogP contribution < -0.4 is 11.1 Å². The van der Waals surface area contributed by atoms with Crippen LogP contribution in [-0.4, -0.2) is 36.5 Å². The first kappa shape index (κ1) is 12.7. The molecule has 1 atom stereocenters. The van der Waals surface area contributed by atoms with Crippen molar-refractivity contribution < 1.29 is 4.74 Å². The number of nitrogens with two attached hydrogens (primary N) is 1. The second-order valence-corrected chi connectivity index (χ2v) is 4.15. The van der Waals surface area contributed by atoms with E-state index in [0.29, 0.717) is 13.2 Å². The van der Waals surface area contributed by atoms with Gasteiger partial charge < -0.3 is 15.8 Å². The van der Waals surface area contributed by atoms with Crippen molar-refractivity contribution in [3.63, 3.8) is 0 Å². The molecular formula is C13H18N4O. The molecule has 0 bridgehead atoms. The molecule has 1 heterocycles. The average molecular weight is 246 g/mol. The van der Waals surface area contributed by atoms with Gasteiger partial charge in [-0.3, -0.25) is 0 Å². The maximum atomic E-state index is 5.60. The third-order valence-corrected chi connectivity index (χ3v) is 2.79. The molecule has 1 aromatic carbocycles. The van der Waals surface area contributed by atoms with Crippen LogP contribution in [0.1, 0.15) is 6.42 Å². The van der Waals surface area contributed by atoms with Crippen molar-refractivity contribution in [2.24, 2.45) is 5.73 Å². The maximum Gasteiger partial charge on any atom is 0.0950 e. The lowest BCUT2D eigenvalue weighted by Gasteiger charge is -2.19. The minimum absolute atomic E-state index is 0.188. The first-order valence-corrected chi connectivity index (χ1v) is 6.01. The van der Waals surface area contributed by atoms with Crippen molar-refractivity contribution in [1.29, 1.82) is 0 Å². The molecule has 96 valence electrons. The van der Waals surface area contributed by atoms with E-state index in [-0.39, 0.29) is 6.04 Å². The van der Waals surface area contributed by atoms with Crippen LogP contribution in [0.2, 0.25) is 0 Å². The quantitative estimate of drug-likeness (QED) is 0.806. The summed E-state index contributed by atoms with van der Waals surface area (Å²) in [5.74, 6) is 0. The number of aromatic nitrogens is 2. The first-order valence-electron chi connectivity index (χ1n) is 6.01. The third kappa shape index (κ3) is 2.94. The Bertz CT molecular complexity index is 492. The highest BCUT2D eigenvalue weighted by atomic mass is 16.5. The number of methoxy groups -OCH3 is 1. The van der Waals surface area contributed by atoms with Crippen LogP contribution in [0.15, 0.2) is 30.5 Å². The molecule has 3 N–H and O–H groups in total. The number of nitrogens with zero attached hydrogens (tertiary/aromatic N) is 2. The van der Waals surface area contributed by atoms with E-state index in [1.165, 1.54) is 0 Å². The lowest BCUT2D eigenvalue weighted by atomic mass is 10.1. The monoisotopic (exact) mass is 246 g/mol. The summed E-state index contributed by atoms with van der Waals surface area (Å²) < 4.78 is 5.19. The van der Waals surface area contributed by atoms with Crippen molar-refractivity contribution in [2.45, 2.75) is 12.5 Å². The zero-order chi connectivity index (χ0) is 12.8. The zero-order valence-corrected chi connectivity index (χ0v) is 10.5. The van der Waals surface area contributed by atoms with E-state index in [2.05, 4.69) is 15.5 Å². The first-order chi connectivity index (χ1) is 8.85. The summed E-state index contributed by atoms with van der Waals surface area (Å²) in [5.41, 5.74) is 7.45. The Morgan fingerprint density at radius 1 is 1.39 bits per heavy atom. The van der Waals surface area contributed by atoms with Crippen molar-refractivity contribution in [3.05, 3.63) is 30.5 Å². The van der Waals surface area contributed by atoms with Gasteiger partial charge in [-0.15, -0.1) is 0 Å². The Morgan fingerprint density at radius 3 is 3.00 bits per heavy atom. The van der Waals surface area contributed by atoms with E-state index < -0.39 is 0 Å². The van der Waals surface area contributed by atoms with Crippen LogP contribution in [0.4, 0.5) is 5.69 Å². The van der Waals surface area contributed by atoms with Gasteiger partial charge in [-0.25, -0.2) is 0 Å². The van der Waals surface area contributed by atoms with Crippen LogP contribution in [0, 0.1) is 0 Å². The molecule has 1 unspecified atom stereocenters. The number of nitrogens with one attached hydrogen (secondary N) is 1. The normalized spacial score (nSPS) is 12.6. The molecule has 18 heavy (non-hydrogen) atoms. The molecule has 0 aliphatic rings. The molecule has 0 saturated heterocycles. The van der Waals surface area contributed by atoms with E-state index in [0.717, 1.165) is 23.0 Å². The van der Waals surface area contributed by atoms with E-state index >= 15 is 0 Å². The molecule has 0 saturated carbocycles. The van der Waals surface area contributed by atoms with E-state index in [4.69, 9.17) is 10.5 Å². The topological polar surface area (TPSA) is 73.1 Å². The largest absolute Gasteiger partial charge is 0.383 e. The minimum atomic E-state index is 0.188. The molecule has 2 rings (SSSR count). The van der Waals surface area contributed by atoms with Gasteiger partial charge in [0.1, 0.15) is 0 Å². The van der Waals surface area contributed by atoms with Gasteiger partial charge in [0.05, 0.1) is 30.0 Å². The van der Waals surface area contributed by atoms with Crippen molar-refractivity contribution >= 4 is 16.6 Å². The summed E-state index contributed by atoms with van der Waals surface area (Å²) in [7, 11) is 1.69. The maximum absolute atomic E-state index is 5.60. The fraction of sp³-hybridized carbons (Fsp3) is 0.385. The number of anilines is 1. The zero-order valence-electron chi connectivity index (χ0n) is 10.5. The fourth-order valence-corrected chi connectivity index (χ4v) is 1.94. The van der Waals surface area contributed by atoms with Gasteiger partial charge in [0.2, 0.25) is 0 Å². The average Bonchev–Trinajstić information content (AvgIpc) is 2.40. The van der Waals surface area contributed by atoms with E-state index in [1.807, 2.05) is 24.3 Å². The fourth-order valence-electron chi connectivity index (χ4n) is 1.94. The van der Waals surface area contributed by atoms with Crippen LogP contribution in [0.5, 0.6) is 0 Å². The number of hydrogen-bond acceptors (Lipinski definition) is 5. The lowest BCUT2D eigenvalue weighted by molar-refractivity contribution is 0.183. The van der Waals surface area contributed by atoms with Crippen LogP contribution in [0.25, 0.3) is 10.9 Å². The number of hydrogen-bond donors (Lipinski definition) is 2.